The van der Waals surface area contributed by atoms with Crippen molar-refractivity contribution in [2.75, 3.05) is 7.11 Å². The Kier molecular flexibility index (Phi) is 5.71. The predicted octanol–water partition coefficient (Wildman–Crippen LogP) is 2.97. The lowest BCUT2D eigenvalue weighted by molar-refractivity contribution is 0.0437. The Balaban J connectivity index is 1.77. The Morgan fingerprint density at radius 2 is 1.90 bits per heavy atom. The SMILES string of the molecule is COc1ccccc1-c1cc(COC(=O)c2cc(C)c(C)c(S(N)(=O)=O)c2)on1. The lowest BCUT2D eigenvalue weighted by Gasteiger charge is -2.10. The highest BCUT2D eigenvalue weighted by Gasteiger charge is 2.19. The third-order valence-electron chi connectivity index (χ3n) is 4.45. The maximum Gasteiger partial charge on any atom is 0.338 e. The molecule has 0 saturated heterocycles. The van der Waals surface area contributed by atoms with Crippen LogP contribution in [0.5, 0.6) is 5.75 Å². The summed E-state index contributed by atoms with van der Waals surface area (Å²) in [5.41, 5.74) is 2.46. The topological polar surface area (TPSA) is 122 Å². The normalized spacial score (nSPS) is 11.3. The van der Waals surface area contributed by atoms with Crippen molar-refractivity contribution in [3.63, 3.8) is 0 Å². The second-order valence-corrected chi connectivity index (χ2v) is 7.95. The lowest BCUT2D eigenvalue weighted by atomic mass is 10.1. The number of rotatable bonds is 6. The number of nitrogens with two attached hydrogens (primary N) is 1. The van der Waals surface area contributed by atoms with Crippen LogP contribution < -0.4 is 9.88 Å². The molecule has 2 N–H and O–H groups in total. The largest absolute Gasteiger partial charge is 0.496 e. The van der Waals surface area contributed by atoms with E-state index in [0.717, 1.165) is 5.56 Å². The van der Waals surface area contributed by atoms with Gasteiger partial charge in [0, 0.05) is 11.6 Å². The number of primary sulfonamides is 1. The summed E-state index contributed by atoms with van der Waals surface area (Å²) < 4.78 is 39.3. The van der Waals surface area contributed by atoms with Gasteiger partial charge in [0.25, 0.3) is 0 Å². The fraction of sp³-hybridized carbons (Fsp3) is 0.200. The van der Waals surface area contributed by atoms with Gasteiger partial charge < -0.3 is 14.0 Å². The number of sulfonamides is 1. The summed E-state index contributed by atoms with van der Waals surface area (Å²) in [4.78, 5) is 12.3. The van der Waals surface area contributed by atoms with Gasteiger partial charge in [-0.05, 0) is 49.2 Å². The van der Waals surface area contributed by atoms with E-state index >= 15 is 0 Å². The third kappa shape index (κ3) is 4.47. The molecular weight excluding hydrogens is 396 g/mol. The first-order valence-electron chi connectivity index (χ1n) is 8.61. The van der Waals surface area contributed by atoms with Gasteiger partial charge in [0.15, 0.2) is 12.4 Å². The Labute approximate surface area is 168 Å². The smallest absolute Gasteiger partial charge is 0.338 e. The van der Waals surface area contributed by atoms with Gasteiger partial charge in [-0.25, -0.2) is 18.4 Å². The summed E-state index contributed by atoms with van der Waals surface area (Å²) in [6.07, 6.45) is 0. The van der Waals surface area contributed by atoms with E-state index in [1.807, 2.05) is 18.2 Å². The lowest BCUT2D eigenvalue weighted by Crippen LogP contribution is -2.16. The van der Waals surface area contributed by atoms with Crippen LogP contribution in [0.4, 0.5) is 0 Å². The average molecular weight is 416 g/mol. The molecule has 0 unspecified atom stereocenters. The van der Waals surface area contributed by atoms with Crippen molar-refractivity contribution in [3.8, 4) is 17.0 Å². The highest BCUT2D eigenvalue weighted by molar-refractivity contribution is 7.89. The van der Waals surface area contributed by atoms with Crippen molar-refractivity contribution in [2.24, 2.45) is 5.14 Å². The Morgan fingerprint density at radius 3 is 2.59 bits per heavy atom. The number of hydrogen-bond acceptors (Lipinski definition) is 7. The number of ether oxygens (including phenoxy) is 2. The zero-order chi connectivity index (χ0) is 21.2. The highest BCUT2D eigenvalue weighted by atomic mass is 32.2. The van der Waals surface area contributed by atoms with Gasteiger partial charge in [0.1, 0.15) is 11.4 Å². The van der Waals surface area contributed by atoms with Gasteiger partial charge in [-0.3, -0.25) is 0 Å². The monoisotopic (exact) mass is 416 g/mol. The Hall–Kier alpha value is -3.17. The van der Waals surface area contributed by atoms with E-state index in [2.05, 4.69) is 5.16 Å². The first-order valence-corrected chi connectivity index (χ1v) is 10.2. The van der Waals surface area contributed by atoms with Crippen molar-refractivity contribution in [1.82, 2.24) is 5.16 Å². The van der Waals surface area contributed by atoms with Gasteiger partial charge >= 0.3 is 5.97 Å². The summed E-state index contributed by atoms with van der Waals surface area (Å²) in [6, 6.07) is 11.7. The van der Waals surface area contributed by atoms with E-state index in [9.17, 15) is 13.2 Å². The molecule has 0 bridgehead atoms. The van der Waals surface area contributed by atoms with Gasteiger partial charge in [0.2, 0.25) is 10.0 Å². The molecule has 29 heavy (non-hydrogen) atoms. The van der Waals surface area contributed by atoms with Crippen LogP contribution in [0.25, 0.3) is 11.3 Å². The number of methoxy groups -OCH3 is 1. The molecule has 9 heteroatoms. The second kappa shape index (κ2) is 8.06. The second-order valence-electron chi connectivity index (χ2n) is 6.42. The molecule has 0 fully saturated rings. The van der Waals surface area contributed by atoms with E-state index in [1.54, 1.807) is 39.2 Å². The molecule has 0 saturated carbocycles. The number of esters is 1. The quantitative estimate of drug-likeness (QED) is 0.613. The summed E-state index contributed by atoms with van der Waals surface area (Å²) in [5.74, 6) is 0.262. The van der Waals surface area contributed by atoms with Crippen molar-refractivity contribution in [2.45, 2.75) is 25.3 Å². The maximum atomic E-state index is 12.4. The molecule has 0 aliphatic rings. The molecule has 0 atom stereocenters. The number of nitrogens with zero attached hydrogens (tertiary/aromatic N) is 1. The number of hydrogen-bond donors (Lipinski definition) is 1. The number of aromatic nitrogens is 1. The van der Waals surface area contributed by atoms with Crippen LogP contribution in [0.2, 0.25) is 0 Å². The van der Waals surface area contributed by atoms with E-state index in [-0.39, 0.29) is 17.1 Å². The van der Waals surface area contributed by atoms with Crippen LogP contribution in [0.1, 0.15) is 27.2 Å². The molecule has 0 spiro atoms. The Bertz CT molecular complexity index is 1170. The molecule has 0 aliphatic carbocycles. The zero-order valence-corrected chi connectivity index (χ0v) is 16.9. The van der Waals surface area contributed by atoms with Crippen LogP contribution in [-0.2, 0) is 21.4 Å². The molecule has 0 aliphatic heterocycles. The van der Waals surface area contributed by atoms with Gasteiger partial charge in [-0.1, -0.05) is 17.3 Å². The van der Waals surface area contributed by atoms with Gasteiger partial charge in [-0.15, -0.1) is 0 Å². The fourth-order valence-corrected chi connectivity index (χ4v) is 3.70. The molecule has 3 aromatic rings. The number of carbonyl (C=O) groups excluding carboxylic acids is 1. The number of aryl methyl sites for hydroxylation is 1. The van der Waals surface area contributed by atoms with Crippen molar-refractivity contribution in [3.05, 3.63) is 64.9 Å². The molecule has 1 aromatic heterocycles. The van der Waals surface area contributed by atoms with E-state index in [0.29, 0.717) is 28.3 Å². The van der Waals surface area contributed by atoms with E-state index < -0.39 is 16.0 Å². The first-order chi connectivity index (χ1) is 13.7. The maximum absolute atomic E-state index is 12.4. The van der Waals surface area contributed by atoms with Crippen LogP contribution in [0.3, 0.4) is 0 Å². The molecular formula is C20H20N2O6S. The van der Waals surface area contributed by atoms with Crippen LogP contribution in [0.15, 0.2) is 51.9 Å². The predicted molar refractivity (Wildman–Crippen MR) is 105 cm³/mol. The molecule has 152 valence electrons. The Morgan fingerprint density at radius 1 is 1.17 bits per heavy atom. The number of benzene rings is 2. The molecule has 2 aromatic carbocycles. The van der Waals surface area contributed by atoms with Crippen LogP contribution in [0, 0.1) is 13.8 Å². The molecule has 8 nitrogen and oxygen atoms in total. The van der Waals surface area contributed by atoms with Crippen LogP contribution in [-0.4, -0.2) is 26.7 Å². The first kappa shape index (κ1) is 20.6. The molecule has 1 heterocycles. The zero-order valence-electron chi connectivity index (χ0n) is 16.1. The summed E-state index contributed by atoms with van der Waals surface area (Å²) in [6.45, 7) is 3.15. The average Bonchev–Trinajstić information content (AvgIpc) is 3.16. The van der Waals surface area contributed by atoms with Crippen molar-refractivity contribution >= 4 is 16.0 Å². The molecule has 0 amide bonds. The summed E-state index contributed by atoms with van der Waals surface area (Å²) in [5, 5.41) is 9.20. The molecule has 3 rings (SSSR count). The van der Waals surface area contributed by atoms with E-state index in [1.165, 1.54) is 6.07 Å². The van der Waals surface area contributed by atoms with Crippen LogP contribution >= 0.6 is 0 Å². The minimum Gasteiger partial charge on any atom is -0.496 e. The fourth-order valence-electron chi connectivity index (χ4n) is 2.82. The van der Waals surface area contributed by atoms with Gasteiger partial charge in [-0.2, -0.15) is 0 Å². The third-order valence-corrected chi connectivity index (χ3v) is 5.49. The minimum absolute atomic E-state index is 0.0848. The summed E-state index contributed by atoms with van der Waals surface area (Å²) >= 11 is 0. The number of para-hydroxylation sites is 1. The standard InChI is InChI=1S/C20H20N2O6S/c1-12-8-14(9-19(13(12)2)29(21,24)25)20(23)27-11-15-10-17(22-28-15)16-6-4-5-7-18(16)26-3/h4-10H,11H2,1-3H3,(H2,21,24,25). The van der Waals surface area contributed by atoms with E-state index in [4.69, 9.17) is 19.1 Å². The molecule has 0 radical (unpaired) electrons. The van der Waals surface area contributed by atoms with Crippen molar-refractivity contribution in [1.29, 1.82) is 0 Å². The van der Waals surface area contributed by atoms with Gasteiger partial charge in [0.05, 0.1) is 17.6 Å². The minimum atomic E-state index is -3.96. The highest BCUT2D eigenvalue weighted by Crippen LogP contribution is 2.29. The van der Waals surface area contributed by atoms with Crippen molar-refractivity contribution < 1.29 is 27.2 Å². The number of carbonyl (C=O) groups is 1. The summed E-state index contributed by atoms with van der Waals surface area (Å²) in [7, 11) is -2.40.